The molecule has 1 aromatic rings. The first-order valence-electron chi connectivity index (χ1n) is 10.5. The molecule has 1 fully saturated rings. The number of nitrogens with two attached hydrogens (primary N) is 1. The summed E-state index contributed by atoms with van der Waals surface area (Å²) >= 11 is 5.71. The molecule has 1 saturated carbocycles. The van der Waals surface area contributed by atoms with E-state index in [4.69, 9.17) is 18.0 Å². The SMILES string of the molecule is CCCCn1c(N)c(N(CC(C)C)C(=S)N[C@H]2CCCC[C@@H]2C)c(=O)[nH]c1=O. The van der Waals surface area contributed by atoms with Gasteiger partial charge in [-0.3, -0.25) is 14.3 Å². The van der Waals surface area contributed by atoms with Gasteiger partial charge in [0.05, 0.1) is 0 Å². The van der Waals surface area contributed by atoms with E-state index in [2.05, 4.69) is 31.1 Å². The van der Waals surface area contributed by atoms with Crippen LogP contribution in [-0.2, 0) is 6.54 Å². The zero-order valence-electron chi connectivity index (χ0n) is 17.6. The van der Waals surface area contributed by atoms with E-state index >= 15 is 0 Å². The molecule has 0 spiro atoms. The average Bonchev–Trinajstić information content (AvgIpc) is 2.62. The highest BCUT2D eigenvalue weighted by Crippen LogP contribution is 2.25. The number of nitrogen functional groups attached to an aromatic ring is 1. The maximum Gasteiger partial charge on any atom is 0.330 e. The molecule has 1 heterocycles. The highest BCUT2D eigenvalue weighted by atomic mass is 32.1. The summed E-state index contributed by atoms with van der Waals surface area (Å²) in [6.45, 7) is 9.43. The lowest BCUT2D eigenvalue weighted by atomic mass is 9.86. The van der Waals surface area contributed by atoms with Gasteiger partial charge >= 0.3 is 5.69 Å². The molecule has 28 heavy (non-hydrogen) atoms. The molecule has 7 nitrogen and oxygen atoms in total. The van der Waals surface area contributed by atoms with Crippen molar-refractivity contribution < 1.29 is 0 Å². The number of unbranched alkanes of at least 4 members (excludes halogenated alkanes) is 1. The number of thiocarbonyl (C=S) groups is 1. The van der Waals surface area contributed by atoms with Gasteiger partial charge in [0.15, 0.2) is 10.8 Å². The van der Waals surface area contributed by atoms with E-state index in [9.17, 15) is 9.59 Å². The molecule has 0 bridgehead atoms. The lowest BCUT2D eigenvalue weighted by molar-refractivity contribution is 0.308. The lowest BCUT2D eigenvalue weighted by Gasteiger charge is -2.35. The van der Waals surface area contributed by atoms with E-state index in [1.165, 1.54) is 23.8 Å². The Balaban J connectivity index is 2.40. The largest absolute Gasteiger partial charge is 0.383 e. The van der Waals surface area contributed by atoms with Crippen LogP contribution in [0.25, 0.3) is 0 Å². The van der Waals surface area contributed by atoms with Crippen LogP contribution in [0.5, 0.6) is 0 Å². The monoisotopic (exact) mass is 409 g/mol. The molecule has 0 aromatic carbocycles. The van der Waals surface area contributed by atoms with Gasteiger partial charge in [-0.2, -0.15) is 0 Å². The van der Waals surface area contributed by atoms with E-state index in [0.717, 1.165) is 19.3 Å². The Hall–Kier alpha value is -1.83. The molecule has 0 radical (unpaired) electrons. The number of hydrogen-bond donors (Lipinski definition) is 3. The number of nitrogens with one attached hydrogen (secondary N) is 2. The molecule has 0 saturated heterocycles. The van der Waals surface area contributed by atoms with Gasteiger partial charge in [-0.05, 0) is 43.3 Å². The van der Waals surface area contributed by atoms with Crippen LogP contribution in [-0.4, -0.2) is 27.3 Å². The quantitative estimate of drug-likeness (QED) is 0.599. The topological polar surface area (TPSA) is 96.2 Å². The lowest BCUT2D eigenvalue weighted by Crippen LogP contribution is -2.51. The van der Waals surface area contributed by atoms with Crippen LogP contribution >= 0.6 is 12.2 Å². The average molecular weight is 410 g/mol. The minimum Gasteiger partial charge on any atom is -0.383 e. The van der Waals surface area contributed by atoms with Crippen molar-refractivity contribution in [3.05, 3.63) is 20.8 Å². The van der Waals surface area contributed by atoms with Gasteiger partial charge in [-0.25, -0.2) is 4.79 Å². The van der Waals surface area contributed by atoms with Crippen LogP contribution < -0.4 is 27.2 Å². The summed E-state index contributed by atoms with van der Waals surface area (Å²) in [5.41, 5.74) is 5.63. The van der Waals surface area contributed by atoms with Crippen molar-refractivity contribution in [1.82, 2.24) is 14.9 Å². The number of hydrogen-bond acceptors (Lipinski definition) is 4. The Kier molecular flexibility index (Phi) is 8.10. The Bertz CT molecular complexity index is 786. The molecule has 2 rings (SSSR count). The Morgan fingerprint density at radius 2 is 2.04 bits per heavy atom. The predicted molar refractivity (Wildman–Crippen MR) is 120 cm³/mol. The second kappa shape index (κ2) is 10.1. The van der Waals surface area contributed by atoms with Gasteiger partial charge < -0.3 is 16.0 Å². The molecular formula is C20H35N5O2S. The van der Waals surface area contributed by atoms with Gasteiger partial charge in [0.1, 0.15) is 5.82 Å². The van der Waals surface area contributed by atoms with Crippen LogP contribution in [0.15, 0.2) is 9.59 Å². The van der Waals surface area contributed by atoms with E-state index in [1.54, 1.807) is 4.90 Å². The number of H-pyrrole nitrogens is 1. The summed E-state index contributed by atoms with van der Waals surface area (Å²) in [7, 11) is 0. The maximum absolute atomic E-state index is 12.7. The van der Waals surface area contributed by atoms with Crippen molar-refractivity contribution in [3.63, 3.8) is 0 Å². The van der Waals surface area contributed by atoms with Gasteiger partial charge in [-0.15, -0.1) is 0 Å². The third-order valence-corrected chi connectivity index (χ3v) is 5.77. The van der Waals surface area contributed by atoms with Gasteiger partial charge in [-0.1, -0.05) is 47.0 Å². The fraction of sp³-hybridized carbons (Fsp3) is 0.750. The minimum atomic E-state index is -0.489. The predicted octanol–water partition coefficient (Wildman–Crippen LogP) is 2.83. The van der Waals surface area contributed by atoms with Gasteiger partial charge in [0.2, 0.25) is 0 Å². The first kappa shape index (κ1) is 22.5. The Morgan fingerprint density at radius 3 is 2.64 bits per heavy atom. The third kappa shape index (κ3) is 5.37. The smallest absolute Gasteiger partial charge is 0.330 e. The first-order valence-corrected chi connectivity index (χ1v) is 10.9. The van der Waals surface area contributed by atoms with Crippen LogP contribution in [0.4, 0.5) is 11.5 Å². The van der Waals surface area contributed by atoms with Crippen molar-refractivity contribution in [1.29, 1.82) is 0 Å². The molecule has 0 aliphatic heterocycles. The Labute approximate surface area is 172 Å². The zero-order chi connectivity index (χ0) is 20.8. The molecule has 0 unspecified atom stereocenters. The molecule has 0 amide bonds. The minimum absolute atomic E-state index is 0.184. The second-order valence-electron chi connectivity index (χ2n) is 8.32. The van der Waals surface area contributed by atoms with Crippen molar-refractivity contribution >= 4 is 28.8 Å². The zero-order valence-corrected chi connectivity index (χ0v) is 18.4. The number of nitrogens with zero attached hydrogens (tertiary/aromatic N) is 2. The fourth-order valence-corrected chi connectivity index (χ4v) is 4.10. The van der Waals surface area contributed by atoms with Gasteiger partial charge in [0, 0.05) is 19.1 Å². The summed E-state index contributed by atoms with van der Waals surface area (Å²) < 4.78 is 1.44. The molecule has 2 atom stereocenters. The number of aromatic nitrogens is 2. The maximum atomic E-state index is 12.7. The molecule has 8 heteroatoms. The van der Waals surface area contributed by atoms with E-state index in [-0.39, 0.29) is 17.4 Å². The van der Waals surface area contributed by atoms with Crippen molar-refractivity contribution in [2.24, 2.45) is 11.8 Å². The van der Waals surface area contributed by atoms with Crippen molar-refractivity contribution in [3.8, 4) is 0 Å². The van der Waals surface area contributed by atoms with Crippen LogP contribution in [0.1, 0.15) is 66.2 Å². The Morgan fingerprint density at radius 1 is 1.36 bits per heavy atom. The first-order chi connectivity index (χ1) is 13.3. The summed E-state index contributed by atoms with van der Waals surface area (Å²) in [6, 6.07) is 0.294. The number of rotatable bonds is 7. The summed E-state index contributed by atoms with van der Waals surface area (Å²) in [5.74, 6) is 0.976. The molecule has 4 N–H and O–H groups in total. The van der Waals surface area contributed by atoms with Crippen LogP contribution in [0.2, 0.25) is 0 Å². The standard InChI is InChI=1S/C20H35N5O2S/c1-5-6-11-24-17(21)16(18(26)23-19(24)27)25(12-13(2)3)20(28)22-15-10-8-7-9-14(15)4/h13-15H,5-12,21H2,1-4H3,(H,22,28)(H,23,26,27)/t14-,15-/m0/s1. The number of anilines is 2. The summed E-state index contributed by atoms with van der Waals surface area (Å²) in [6.07, 6.45) is 6.40. The van der Waals surface area contributed by atoms with Crippen LogP contribution in [0, 0.1) is 11.8 Å². The molecule has 1 aliphatic carbocycles. The fourth-order valence-electron chi connectivity index (χ4n) is 3.78. The van der Waals surface area contributed by atoms with E-state index < -0.39 is 11.2 Å². The van der Waals surface area contributed by atoms with Crippen LogP contribution in [0.3, 0.4) is 0 Å². The number of aromatic amines is 1. The van der Waals surface area contributed by atoms with Crippen molar-refractivity contribution in [2.45, 2.75) is 78.8 Å². The highest BCUT2D eigenvalue weighted by molar-refractivity contribution is 7.80. The summed E-state index contributed by atoms with van der Waals surface area (Å²) in [5, 5.41) is 3.97. The van der Waals surface area contributed by atoms with E-state index in [1.807, 2.05) is 6.92 Å². The molecular weight excluding hydrogens is 374 g/mol. The summed E-state index contributed by atoms with van der Waals surface area (Å²) in [4.78, 5) is 29.1. The van der Waals surface area contributed by atoms with E-state index in [0.29, 0.717) is 30.2 Å². The molecule has 1 aromatic heterocycles. The molecule has 158 valence electrons. The van der Waals surface area contributed by atoms with Gasteiger partial charge in [0.25, 0.3) is 5.56 Å². The normalized spacial score (nSPS) is 19.6. The second-order valence-corrected chi connectivity index (χ2v) is 8.71. The third-order valence-electron chi connectivity index (χ3n) is 5.43. The molecule has 1 aliphatic rings. The highest BCUT2D eigenvalue weighted by Gasteiger charge is 2.27. The van der Waals surface area contributed by atoms with Crippen molar-refractivity contribution in [2.75, 3.05) is 17.2 Å².